The van der Waals surface area contributed by atoms with Crippen LogP contribution >= 0.6 is 0 Å². The highest BCUT2D eigenvalue weighted by molar-refractivity contribution is 6.86. The molecule has 2 heteroatoms. The van der Waals surface area contributed by atoms with E-state index in [1.807, 2.05) is 0 Å². The summed E-state index contributed by atoms with van der Waals surface area (Å²) in [4.78, 5) is 0. The van der Waals surface area contributed by atoms with E-state index < -0.39 is 8.07 Å². The van der Waals surface area contributed by atoms with Crippen molar-refractivity contribution in [3.05, 3.63) is 11.9 Å². The lowest BCUT2D eigenvalue weighted by Crippen LogP contribution is -2.42. The van der Waals surface area contributed by atoms with Gasteiger partial charge in [0.25, 0.3) is 0 Å². The van der Waals surface area contributed by atoms with Gasteiger partial charge in [-0.05, 0) is 10.4 Å². The zero-order chi connectivity index (χ0) is 8.58. The molecule has 0 fully saturated rings. The van der Waals surface area contributed by atoms with Crippen molar-refractivity contribution in [1.29, 1.82) is 0 Å². The van der Waals surface area contributed by atoms with Gasteiger partial charge in [-0.25, -0.2) is 0 Å². The molecule has 0 heterocycles. The summed E-state index contributed by atoms with van der Waals surface area (Å²) in [6.45, 7) is 15.1. The molecule has 0 saturated carbocycles. The molecule has 60 valence electrons. The monoisotopic (exact) mass is 157 g/mol. The number of hydrogen-bond donors (Lipinski definition) is 1. The third kappa shape index (κ3) is 1.63. The van der Waals surface area contributed by atoms with Gasteiger partial charge >= 0.3 is 0 Å². The van der Waals surface area contributed by atoms with E-state index in [9.17, 15) is 0 Å². The lowest BCUT2D eigenvalue weighted by Gasteiger charge is -2.36. The van der Waals surface area contributed by atoms with Crippen molar-refractivity contribution in [3.63, 3.8) is 0 Å². The number of rotatable bonds is 1. The molecule has 0 aromatic heterocycles. The standard InChI is InChI=1S/C8H19NSi/c1-7(9)10(5,6)8(2,3)4/h1,9H2,2-6H3. The van der Waals surface area contributed by atoms with Crippen LogP contribution in [0.15, 0.2) is 11.9 Å². The van der Waals surface area contributed by atoms with Crippen molar-refractivity contribution < 1.29 is 0 Å². The van der Waals surface area contributed by atoms with Gasteiger partial charge in [0.2, 0.25) is 0 Å². The second-order valence-corrected chi connectivity index (χ2v) is 9.79. The largest absolute Gasteiger partial charge is 0.406 e. The molecule has 2 N–H and O–H groups in total. The maximum absolute atomic E-state index is 5.72. The van der Waals surface area contributed by atoms with Gasteiger partial charge < -0.3 is 5.73 Å². The van der Waals surface area contributed by atoms with Gasteiger partial charge in [-0.1, -0.05) is 40.4 Å². The Kier molecular flexibility index (Phi) is 2.36. The summed E-state index contributed by atoms with van der Waals surface area (Å²) in [7, 11) is -1.40. The first-order chi connectivity index (χ1) is 4.19. The van der Waals surface area contributed by atoms with E-state index in [1.165, 1.54) is 0 Å². The predicted octanol–water partition coefficient (Wildman–Crippen LogP) is 2.51. The van der Waals surface area contributed by atoms with Crippen LogP contribution < -0.4 is 5.73 Å². The molecule has 0 radical (unpaired) electrons. The zero-order valence-corrected chi connectivity index (χ0v) is 8.78. The molecular weight excluding hydrogens is 138 g/mol. The summed E-state index contributed by atoms with van der Waals surface area (Å²) in [5.74, 6) is 0. The van der Waals surface area contributed by atoms with Crippen LogP contribution in [0.4, 0.5) is 0 Å². The first-order valence-electron chi connectivity index (χ1n) is 3.64. The van der Waals surface area contributed by atoms with Crippen molar-refractivity contribution >= 4 is 8.07 Å². The molecule has 0 bridgehead atoms. The number of hydrogen-bond acceptors (Lipinski definition) is 1. The summed E-state index contributed by atoms with van der Waals surface area (Å²) in [5, 5.41) is 1.23. The highest BCUT2D eigenvalue weighted by atomic mass is 28.3. The minimum atomic E-state index is -1.40. The van der Waals surface area contributed by atoms with Gasteiger partial charge in [0.15, 0.2) is 0 Å². The maximum Gasteiger partial charge on any atom is 0.105 e. The van der Waals surface area contributed by atoms with E-state index in [-0.39, 0.29) is 0 Å². The Labute approximate surface area is 65.3 Å². The summed E-state index contributed by atoms with van der Waals surface area (Å²) in [6.07, 6.45) is 0. The zero-order valence-electron chi connectivity index (χ0n) is 7.78. The van der Waals surface area contributed by atoms with Gasteiger partial charge in [0, 0.05) is 0 Å². The maximum atomic E-state index is 5.72. The van der Waals surface area contributed by atoms with Crippen LogP contribution in [0.2, 0.25) is 18.1 Å². The van der Waals surface area contributed by atoms with Crippen molar-refractivity contribution in [2.24, 2.45) is 5.73 Å². The quantitative estimate of drug-likeness (QED) is 0.582. The normalized spacial score (nSPS) is 13.3. The first kappa shape index (κ1) is 9.76. The molecule has 0 aliphatic carbocycles. The minimum absolute atomic E-state index is 0.332. The van der Waals surface area contributed by atoms with E-state index in [0.717, 1.165) is 5.32 Å². The van der Waals surface area contributed by atoms with Crippen LogP contribution in [0.3, 0.4) is 0 Å². The Hall–Kier alpha value is -0.243. The highest BCUT2D eigenvalue weighted by Gasteiger charge is 2.36. The molecule has 0 unspecified atom stereocenters. The Balaban J connectivity index is 4.57. The topological polar surface area (TPSA) is 26.0 Å². The second-order valence-electron chi connectivity index (χ2n) is 4.40. The van der Waals surface area contributed by atoms with E-state index in [2.05, 4.69) is 40.4 Å². The molecule has 0 spiro atoms. The Morgan fingerprint density at radius 2 is 1.60 bits per heavy atom. The number of nitrogens with two attached hydrogens (primary N) is 1. The van der Waals surface area contributed by atoms with Crippen LogP contribution in [0.25, 0.3) is 0 Å². The molecule has 1 nitrogen and oxygen atoms in total. The van der Waals surface area contributed by atoms with E-state index in [1.54, 1.807) is 0 Å². The van der Waals surface area contributed by atoms with Crippen LogP contribution in [0.5, 0.6) is 0 Å². The summed E-state index contributed by atoms with van der Waals surface area (Å²) in [6, 6.07) is 0. The van der Waals surface area contributed by atoms with Crippen molar-refractivity contribution in [3.8, 4) is 0 Å². The van der Waals surface area contributed by atoms with E-state index >= 15 is 0 Å². The molecule has 0 aromatic carbocycles. The van der Waals surface area contributed by atoms with Crippen LogP contribution in [0, 0.1) is 0 Å². The molecule has 0 atom stereocenters. The van der Waals surface area contributed by atoms with E-state index in [0.29, 0.717) is 5.04 Å². The van der Waals surface area contributed by atoms with Crippen LogP contribution in [-0.2, 0) is 0 Å². The molecule has 0 amide bonds. The van der Waals surface area contributed by atoms with Gasteiger partial charge in [0.1, 0.15) is 8.07 Å². The average molecular weight is 157 g/mol. The Bertz CT molecular complexity index is 142. The fourth-order valence-electron chi connectivity index (χ4n) is 0.482. The summed E-state index contributed by atoms with van der Waals surface area (Å²) < 4.78 is 0. The van der Waals surface area contributed by atoms with Crippen LogP contribution in [-0.4, -0.2) is 8.07 Å². The SMILES string of the molecule is C=C(N)[Si](C)(C)C(C)(C)C. The molecule has 10 heavy (non-hydrogen) atoms. The molecule has 0 aliphatic rings. The Morgan fingerprint density at radius 3 is 1.60 bits per heavy atom. The molecule has 0 rings (SSSR count). The van der Waals surface area contributed by atoms with Gasteiger partial charge in [-0.15, -0.1) is 0 Å². The fourth-order valence-corrected chi connectivity index (χ4v) is 1.45. The van der Waals surface area contributed by atoms with Gasteiger partial charge in [-0.2, -0.15) is 0 Å². The van der Waals surface area contributed by atoms with Crippen molar-refractivity contribution in [1.82, 2.24) is 0 Å². The van der Waals surface area contributed by atoms with Crippen molar-refractivity contribution in [2.75, 3.05) is 0 Å². The fraction of sp³-hybridized carbons (Fsp3) is 0.750. The predicted molar refractivity (Wildman–Crippen MR) is 50.5 cm³/mol. The molecular formula is C8H19NSi. The summed E-state index contributed by atoms with van der Waals surface area (Å²) in [5.41, 5.74) is 5.72. The second kappa shape index (κ2) is 2.42. The average Bonchev–Trinajstić information content (AvgIpc) is 1.62. The third-order valence-corrected chi connectivity index (χ3v) is 8.03. The Morgan fingerprint density at radius 1 is 1.30 bits per heavy atom. The minimum Gasteiger partial charge on any atom is -0.406 e. The van der Waals surface area contributed by atoms with Gasteiger partial charge in [-0.3, -0.25) is 0 Å². The van der Waals surface area contributed by atoms with E-state index in [4.69, 9.17) is 5.73 Å². The first-order valence-corrected chi connectivity index (χ1v) is 6.64. The molecule has 0 saturated heterocycles. The van der Waals surface area contributed by atoms with Crippen LogP contribution in [0.1, 0.15) is 20.8 Å². The highest BCUT2D eigenvalue weighted by Crippen LogP contribution is 2.38. The lowest BCUT2D eigenvalue weighted by molar-refractivity contribution is 0.724. The molecule has 0 aromatic rings. The van der Waals surface area contributed by atoms with Crippen molar-refractivity contribution in [2.45, 2.75) is 38.9 Å². The lowest BCUT2D eigenvalue weighted by atomic mass is 10.2. The smallest absolute Gasteiger partial charge is 0.105 e. The third-order valence-electron chi connectivity index (χ3n) is 2.68. The molecule has 0 aliphatic heterocycles. The summed E-state index contributed by atoms with van der Waals surface area (Å²) >= 11 is 0. The van der Waals surface area contributed by atoms with Gasteiger partial charge in [0.05, 0.1) is 0 Å².